The molecule has 0 atom stereocenters. The number of rotatable bonds is 4. The van der Waals surface area contributed by atoms with Crippen LogP contribution in [0.15, 0.2) is 12.4 Å². The summed E-state index contributed by atoms with van der Waals surface area (Å²) >= 11 is 0. The summed E-state index contributed by atoms with van der Waals surface area (Å²) in [4.78, 5) is 8.54. The van der Waals surface area contributed by atoms with Gasteiger partial charge in [0, 0.05) is 18.2 Å². The standard InChI is InChI=1S/C14H22N4O/c19-12-6-4-11(5-7-12)18-14-8-13(15-9-16-14)17-10-2-1-3-10/h8-12,19H,1-7H2,(H2,15,16,17,18). The summed E-state index contributed by atoms with van der Waals surface area (Å²) in [5, 5.41) is 16.4. The van der Waals surface area contributed by atoms with Crippen molar-refractivity contribution in [3.8, 4) is 0 Å². The molecule has 2 saturated carbocycles. The lowest BCUT2D eigenvalue weighted by Gasteiger charge is -2.28. The van der Waals surface area contributed by atoms with Crippen molar-refractivity contribution in [1.82, 2.24) is 9.97 Å². The van der Waals surface area contributed by atoms with Crippen LogP contribution in [0.2, 0.25) is 0 Å². The largest absolute Gasteiger partial charge is 0.393 e. The minimum Gasteiger partial charge on any atom is -0.393 e. The molecular weight excluding hydrogens is 240 g/mol. The molecule has 0 radical (unpaired) electrons. The van der Waals surface area contributed by atoms with Gasteiger partial charge in [0.15, 0.2) is 0 Å². The zero-order valence-corrected chi connectivity index (χ0v) is 11.2. The van der Waals surface area contributed by atoms with Crippen LogP contribution in [0.25, 0.3) is 0 Å². The number of aromatic nitrogens is 2. The van der Waals surface area contributed by atoms with Crippen LogP contribution >= 0.6 is 0 Å². The van der Waals surface area contributed by atoms with E-state index in [1.165, 1.54) is 19.3 Å². The van der Waals surface area contributed by atoms with E-state index in [9.17, 15) is 5.11 Å². The van der Waals surface area contributed by atoms with Gasteiger partial charge in [0.2, 0.25) is 0 Å². The van der Waals surface area contributed by atoms with E-state index >= 15 is 0 Å². The predicted molar refractivity (Wildman–Crippen MR) is 75.2 cm³/mol. The Morgan fingerprint density at radius 3 is 2.00 bits per heavy atom. The maximum absolute atomic E-state index is 9.51. The summed E-state index contributed by atoms with van der Waals surface area (Å²) in [5.74, 6) is 1.80. The number of hydrogen-bond acceptors (Lipinski definition) is 5. The molecule has 104 valence electrons. The van der Waals surface area contributed by atoms with Gasteiger partial charge in [0.05, 0.1) is 6.10 Å². The first-order valence-corrected chi connectivity index (χ1v) is 7.33. The first-order chi connectivity index (χ1) is 9.29. The molecule has 0 aliphatic heterocycles. The molecule has 2 aliphatic rings. The SMILES string of the molecule is OC1CCC(Nc2cc(NC3CCC3)ncn2)CC1. The van der Waals surface area contributed by atoms with E-state index in [1.54, 1.807) is 6.33 Å². The van der Waals surface area contributed by atoms with Gasteiger partial charge in [0.1, 0.15) is 18.0 Å². The lowest BCUT2D eigenvalue weighted by molar-refractivity contribution is 0.126. The summed E-state index contributed by atoms with van der Waals surface area (Å²) in [6.07, 6.45) is 9.10. The van der Waals surface area contributed by atoms with Gasteiger partial charge in [-0.25, -0.2) is 9.97 Å². The van der Waals surface area contributed by atoms with Crippen molar-refractivity contribution in [2.24, 2.45) is 0 Å². The lowest BCUT2D eigenvalue weighted by atomic mass is 9.93. The molecule has 1 aromatic rings. The van der Waals surface area contributed by atoms with Crippen LogP contribution in [-0.4, -0.2) is 33.3 Å². The second kappa shape index (κ2) is 5.74. The highest BCUT2D eigenvalue weighted by molar-refractivity contribution is 5.47. The van der Waals surface area contributed by atoms with Gasteiger partial charge in [-0.15, -0.1) is 0 Å². The molecule has 3 N–H and O–H groups in total. The zero-order valence-electron chi connectivity index (χ0n) is 11.2. The van der Waals surface area contributed by atoms with Gasteiger partial charge in [0.25, 0.3) is 0 Å². The first-order valence-electron chi connectivity index (χ1n) is 7.33. The Labute approximate surface area is 113 Å². The van der Waals surface area contributed by atoms with Crippen LogP contribution < -0.4 is 10.6 Å². The van der Waals surface area contributed by atoms with E-state index in [1.807, 2.05) is 6.07 Å². The van der Waals surface area contributed by atoms with Crippen molar-refractivity contribution < 1.29 is 5.11 Å². The number of anilines is 2. The molecule has 1 aromatic heterocycles. The molecule has 5 heteroatoms. The van der Waals surface area contributed by atoms with Crippen molar-refractivity contribution in [3.63, 3.8) is 0 Å². The normalized spacial score (nSPS) is 27.6. The van der Waals surface area contributed by atoms with Gasteiger partial charge in [-0.05, 0) is 44.9 Å². The second-order valence-electron chi connectivity index (χ2n) is 5.71. The molecule has 0 saturated heterocycles. The lowest BCUT2D eigenvalue weighted by Crippen LogP contribution is -2.29. The fourth-order valence-electron chi connectivity index (χ4n) is 2.71. The van der Waals surface area contributed by atoms with Gasteiger partial charge < -0.3 is 15.7 Å². The molecule has 0 aromatic carbocycles. The molecular formula is C14H22N4O. The molecule has 5 nitrogen and oxygen atoms in total. The summed E-state index contributed by atoms with van der Waals surface area (Å²) < 4.78 is 0. The molecule has 19 heavy (non-hydrogen) atoms. The third-order valence-corrected chi connectivity index (χ3v) is 4.17. The van der Waals surface area contributed by atoms with E-state index in [4.69, 9.17) is 0 Å². The van der Waals surface area contributed by atoms with Gasteiger partial charge in [-0.3, -0.25) is 0 Å². The fourth-order valence-corrected chi connectivity index (χ4v) is 2.71. The Morgan fingerprint density at radius 1 is 0.895 bits per heavy atom. The maximum Gasteiger partial charge on any atom is 0.131 e. The summed E-state index contributed by atoms with van der Waals surface area (Å²) in [5.41, 5.74) is 0. The average molecular weight is 262 g/mol. The Hall–Kier alpha value is -1.36. The third kappa shape index (κ3) is 3.35. The fraction of sp³-hybridized carbons (Fsp3) is 0.714. The monoisotopic (exact) mass is 262 g/mol. The highest BCUT2D eigenvalue weighted by Crippen LogP contribution is 2.24. The van der Waals surface area contributed by atoms with E-state index in [-0.39, 0.29) is 6.10 Å². The number of aliphatic hydroxyl groups excluding tert-OH is 1. The van der Waals surface area contributed by atoms with Crippen molar-refractivity contribution in [1.29, 1.82) is 0 Å². The van der Waals surface area contributed by atoms with E-state index in [0.29, 0.717) is 12.1 Å². The molecule has 0 unspecified atom stereocenters. The Kier molecular flexibility index (Phi) is 3.82. The molecule has 2 fully saturated rings. The van der Waals surface area contributed by atoms with E-state index in [2.05, 4.69) is 20.6 Å². The molecule has 0 bridgehead atoms. The number of aliphatic hydroxyl groups is 1. The minimum atomic E-state index is -0.112. The van der Waals surface area contributed by atoms with E-state index in [0.717, 1.165) is 37.3 Å². The quantitative estimate of drug-likeness (QED) is 0.775. The van der Waals surface area contributed by atoms with Gasteiger partial charge in [-0.2, -0.15) is 0 Å². The Balaban J connectivity index is 1.56. The number of nitrogens with one attached hydrogen (secondary N) is 2. The van der Waals surface area contributed by atoms with E-state index < -0.39 is 0 Å². The van der Waals surface area contributed by atoms with Crippen molar-refractivity contribution >= 4 is 11.6 Å². The van der Waals surface area contributed by atoms with Crippen LogP contribution in [0, 0.1) is 0 Å². The first kappa shape index (κ1) is 12.7. The van der Waals surface area contributed by atoms with Crippen molar-refractivity contribution in [2.45, 2.75) is 63.1 Å². The van der Waals surface area contributed by atoms with Gasteiger partial charge >= 0.3 is 0 Å². The van der Waals surface area contributed by atoms with Crippen LogP contribution in [0.1, 0.15) is 44.9 Å². The van der Waals surface area contributed by atoms with Crippen molar-refractivity contribution in [3.05, 3.63) is 12.4 Å². The summed E-state index contributed by atoms with van der Waals surface area (Å²) in [6, 6.07) is 3.01. The topological polar surface area (TPSA) is 70.1 Å². The molecule has 0 spiro atoms. The summed E-state index contributed by atoms with van der Waals surface area (Å²) in [7, 11) is 0. The number of hydrogen-bond donors (Lipinski definition) is 3. The third-order valence-electron chi connectivity index (χ3n) is 4.17. The van der Waals surface area contributed by atoms with Gasteiger partial charge in [-0.1, -0.05) is 0 Å². The second-order valence-corrected chi connectivity index (χ2v) is 5.71. The molecule has 3 rings (SSSR count). The smallest absolute Gasteiger partial charge is 0.131 e. The molecule has 1 heterocycles. The molecule has 0 amide bonds. The van der Waals surface area contributed by atoms with Crippen molar-refractivity contribution in [2.75, 3.05) is 10.6 Å². The average Bonchev–Trinajstić information content (AvgIpc) is 2.37. The Morgan fingerprint density at radius 2 is 1.47 bits per heavy atom. The number of nitrogens with zero attached hydrogens (tertiary/aromatic N) is 2. The predicted octanol–water partition coefficient (Wildman–Crippen LogP) is 2.16. The van der Waals surface area contributed by atoms with Crippen LogP contribution in [-0.2, 0) is 0 Å². The maximum atomic E-state index is 9.51. The zero-order chi connectivity index (χ0) is 13.1. The minimum absolute atomic E-state index is 0.112. The highest BCUT2D eigenvalue weighted by atomic mass is 16.3. The van der Waals surface area contributed by atoms with Crippen LogP contribution in [0.5, 0.6) is 0 Å². The molecule has 2 aliphatic carbocycles. The van der Waals surface area contributed by atoms with Crippen LogP contribution in [0.3, 0.4) is 0 Å². The summed E-state index contributed by atoms with van der Waals surface area (Å²) in [6.45, 7) is 0. The highest BCUT2D eigenvalue weighted by Gasteiger charge is 2.20. The van der Waals surface area contributed by atoms with Crippen LogP contribution in [0.4, 0.5) is 11.6 Å². The Bertz CT molecular complexity index is 414.